The quantitative estimate of drug-likeness (QED) is 0.263. The first-order chi connectivity index (χ1) is 14.7. The van der Waals surface area contributed by atoms with E-state index in [4.69, 9.17) is 39.4 Å². The van der Waals surface area contributed by atoms with Gasteiger partial charge in [-0.3, -0.25) is 4.79 Å². The molecule has 3 saturated heterocycles. The van der Waals surface area contributed by atoms with Crippen LogP contribution in [0.4, 0.5) is 0 Å². The highest BCUT2D eigenvalue weighted by atomic mass is 35.5. The standard InChI is InChI=1S/C12H20O5.C6H12O5.C2H3ClO.2CH4/c1-5-6-14-11-10-9(8(13)7(2)15-11)16-12(3,4)17-10;1-2-3(7)4(8)5(9)6(10)11-2;1-2(3)4;;/h5,7-11,13H,1,6H2,2-4H3;2-10H,1H3;1H3;2*1H4/t7?,8-,9?,10?,11+;2?,3-,4?,5?,6+;;;/m00.../s1. The molecule has 0 saturated carbocycles. The van der Waals surface area contributed by atoms with Gasteiger partial charge in [0.15, 0.2) is 18.4 Å². The van der Waals surface area contributed by atoms with E-state index in [2.05, 4.69) is 22.9 Å². The van der Waals surface area contributed by atoms with Crippen molar-refractivity contribution in [3.63, 3.8) is 0 Å². The molecule has 204 valence electrons. The van der Waals surface area contributed by atoms with Crippen LogP contribution in [0.15, 0.2) is 12.7 Å². The molecular weight excluding hydrogens is 476 g/mol. The maximum Gasteiger partial charge on any atom is 0.218 e. The Morgan fingerprint density at radius 3 is 1.91 bits per heavy atom. The monoisotopic (exact) mass is 518 g/mol. The Hall–Kier alpha value is -0.700. The summed E-state index contributed by atoms with van der Waals surface area (Å²) in [5.41, 5.74) is 0. The molecule has 0 amide bonds. The number of aliphatic hydroxyl groups is 5. The second-order valence-electron chi connectivity index (χ2n) is 8.06. The number of hydrogen-bond acceptors (Lipinski definition) is 11. The minimum absolute atomic E-state index is 0. The van der Waals surface area contributed by atoms with E-state index in [1.54, 1.807) is 13.0 Å². The Morgan fingerprint density at radius 2 is 1.41 bits per heavy atom. The fourth-order valence-electron chi connectivity index (χ4n) is 3.25. The van der Waals surface area contributed by atoms with Crippen LogP contribution in [0, 0.1) is 0 Å². The Kier molecular flexibility index (Phi) is 16.1. The van der Waals surface area contributed by atoms with E-state index in [1.165, 1.54) is 13.8 Å². The summed E-state index contributed by atoms with van der Waals surface area (Å²) in [5, 5.41) is 45.6. The molecule has 0 aromatic heterocycles. The number of aliphatic hydroxyl groups excluding tert-OH is 5. The smallest absolute Gasteiger partial charge is 0.218 e. The van der Waals surface area contributed by atoms with Crippen molar-refractivity contribution in [2.45, 2.75) is 117 Å². The van der Waals surface area contributed by atoms with Crippen molar-refractivity contribution in [3.8, 4) is 0 Å². The Morgan fingerprint density at radius 1 is 0.941 bits per heavy atom. The van der Waals surface area contributed by atoms with E-state index in [1.807, 2.05) is 13.8 Å². The van der Waals surface area contributed by atoms with Crippen molar-refractivity contribution in [2.24, 2.45) is 0 Å². The second-order valence-corrected chi connectivity index (χ2v) is 8.59. The van der Waals surface area contributed by atoms with E-state index < -0.39 is 61.1 Å². The average Bonchev–Trinajstić information content (AvgIpc) is 3.02. The lowest BCUT2D eigenvalue weighted by Crippen LogP contribution is -2.56. The van der Waals surface area contributed by atoms with E-state index in [0.29, 0.717) is 6.61 Å². The van der Waals surface area contributed by atoms with Crippen LogP contribution in [0.1, 0.15) is 49.5 Å². The number of rotatable bonds is 3. The highest BCUT2D eigenvalue weighted by molar-refractivity contribution is 6.62. The first-order valence-electron chi connectivity index (χ1n) is 10.2. The van der Waals surface area contributed by atoms with Gasteiger partial charge in [-0.05, 0) is 39.3 Å². The molecule has 3 aliphatic heterocycles. The molecule has 3 heterocycles. The third kappa shape index (κ3) is 10.1. The Bertz CT molecular complexity index is 587. The SMILES string of the molecule is C.C.C=CCO[C@@H]1OC(C)[C@H](O)C2OC(C)(C)OC21.CC(=O)Cl.CC1O[C@@H](O)C(O)C(O)[C@H]1O. The molecule has 0 aromatic rings. The van der Waals surface area contributed by atoms with Gasteiger partial charge in [-0.1, -0.05) is 20.9 Å². The van der Waals surface area contributed by atoms with Crippen molar-refractivity contribution in [1.29, 1.82) is 0 Å². The molecule has 3 aliphatic rings. The molecule has 11 nitrogen and oxygen atoms in total. The molecule has 0 aromatic carbocycles. The van der Waals surface area contributed by atoms with Crippen molar-refractivity contribution in [1.82, 2.24) is 0 Å². The first-order valence-corrected chi connectivity index (χ1v) is 10.5. The van der Waals surface area contributed by atoms with E-state index in [9.17, 15) is 9.90 Å². The van der Waals surface area contributed by atoms with Crippen molar-refractivity contribution in [2.75, 3.05) is 6.61 Å². The van der Waals surface area contributed by atoms with E-state index >= 15 is 0 Å². The molecular formula is C22H43ClO11. The zero-order chi connectivity index (χ0) is 24.8. The lowest BCUT2D eigenvalue weighted by molar-refractivity contribution is -0.277. The number of fused-ring (bicyclic) bond motifs is 1. The molecule has 5 N–H and O–H groups in total. The topological polar surface area (TPSA) is 164 Å². The van der Waals surface area contributed by atoms with Crippen LogP contribution in [-0.2, 0) is 28.5 Å². The van der Waals surface area contributed by atoms with E-state index in [0.717, 1.165) is 0 Å². The predicted molar refractivity (Wildman–Crippen MR) is 125 cm³/mol. The van der Waals surface area contributed by atoms with Crippen LogP contribution in [0.5, 0.6) is 0 Å². The largest absolute Gasteiger partial charge is 0.388 e. The predicted octanol–water partition coefficient (Wildman–Crippen LogP) is 0.665. The summed E-state index contributed by atoms with van der Waals surface area (Å²) in [6.45, 7) is 12.2. The maximum absolute atomic E-state index is 10.0. The third-order valence-electron chi connectivity index (χ3n) is 4.80. The molecule has 0 aliphatic carbocycles. The zero-order valence-electron chi connectivity index (χ0n) is 18.8. The summed E-state index contributed by atoms with van der Waals surface area (Å²) in [5.74, 6) is -0.723. The van der Waals surface area contributed by atoms with Crippen LogP contribution >= 0.6 is 11.6 Å². The lowest BCUT2D eigenvalue weighted by Gasteiger charge is -2.38. The van der Waals surface area contributed by atoms with Gasteiger partial charge in [0.2, 0.25) is 5.24 Å². The number of hydrogen-bond donors (Lipinski definition) is 5. The Balaban J connectivity index is 0. The molecule has 0 spiro atoms. The fraction of sp³-hybridized carbons (Fsp3) is 0.864. The summed E-state index contributed by atoms with van der Waals surface area (Å²) in [6.07, 6.45) is -6.74. The van der Waals surface area contributed by atoms with Crippen LogP contribution in [0.25, 0.3) is 0 Å². The molecule has 10 atom stereocenters. The molecule has 0 bridgehead atoms. The number of carbonyl (C=O) groups is 1. The Labute approximate surface area is 207 Å². The number of carbonyl (C=O) groups excluding carboxylic acids is 1. The summed E-state index contributed by atoms with van der Waals surface area (Å²) >= 11 is 4.64. The van der Waals surface area contributed by atoms with Crippen molar-refractivity contribution < 1.29 is 54.0 Å². The second kappa shape index (κ2) is 15.4. The van der Waals surface area contributed by atoms with Crippen LogP contribution in [-0.4, -0.2) is 105 Å². The van der Waals surface area contributed by atoms with Crippen LogP contribution in [0.2, 0.25) is 0 Å². The van der Waals surface area contributed by atoms with Gasteiger partial charge in [-0.25, -0.2) is 0 Å². The molecule has 0 radical (unpaired) electrons. The van der Waals surface area contributed by atoms with Gasteiger partial charge in [-0.2, -0.15) is 0 Å². The summed E-state index contributed by atoms with van der Waals surface area (Å²) in [4.78, 5) is 9.21. The molecule has 3 fully saturated rings. The van der Waals surface area contributed by atoms with Crippen molar-refractivity contribution in [3.05, 3.63) is 12.7 Å². The normalized spacial score (nSPS) is 40.0. The molecule has 6 unspecified atom stereocenters. The van der Waals surface area contributed by atoms with E-state index in [-0.39, 0.29) is 26.2 Å². The highest BCUT2D eigenvalue weighted by Crippen LogP contribution is 2.37. The van der Waals surface area contributed by atoms with Gasteiger partial charge < -0.3 is 49.2 Å². The maximum atomic E-state index is 10.0. The average molecular weight is 519 g/mol. The third-order valence-corrected chi connectivity index (χ3v) is 4.80. The van der Waals surface area contributed by atoms with Gasteiger partial charge in [0.05, 0.1) is 18.8 Å². The van der Waals surface area contributed by atoms with Crippen LogP contribution in [0.3, 0.4) is 0 Å². The number of halogens is 1. The molecule has 34 heavy (non-hydrogen) atoms. The number of ether oxygens (including phenoxy) is 5. The van der Waals surface area contributed by atoms with Gasteiger partial charge in [-0.15, -0.1) is 6.58 Å². The van der Waals surface area contributed by atoms with Crippen LogP contribution < -0.4 is 0 Å². The van der Waals surface area contributed by atoms with Gasteiger partial charge in [0.25, 0.3) is 0 Å². The summed E-state index contributed by atoms with van der Waals surface area (Å²) in [7, 11) is 0. The molecule has 12 heteroatoms. The van der Waals surface area contributed by atoms with Gasteiger partial charge in [0, 0.05) is 6.92 Å². The van der Waals surface area contributed by atoms with Gasteiger partial charge >= 0.3 is 0 Å². The highest BCUT2D eigenvalue weighted by Gasteiger charge is 2.54. The lowest BCUT2D eigenvalue weighted by atomic mass is 10.0. The zero-order valence-corrected chi connectivity index (χ0v) is 19.6. The minimum Gasteiger partial charge on any atom is -0.388 e. The summed E-state index contributed by atoms with van der Waals surface area (Å²) in [6, 6.07) is 0. The first kappa shape index (κ1) is 35.5. The van der Waals surface area contributed by atoms with Crippen molar-refractivity contribution >= 4 is 16.8 Å². The minimum atomic E-state index is -1.43. The summed E-state index contributed by atoms with van der Waals surface area (Å²) < 4.78 is 27.2. The van der Waals surface area contributed by atoms with Gasteiger partial charge in [0.1, 0.15) is 36.6 Å². The fourth-order valence-corrected chi connectivity index (χ4v) is 3.25. The molecule has 3 rings (SSSR count).